The molecule has 37 heavy (non-hydrogen) atoms. The summed E-state index contributed by atoms with van der Waals surface area (Å²) in [5.74, 6) is 0.628. The zero-order valence-corrected chi connectivity index (χ0v) is 21.0. The Hall–Kier alpha value is -3.97. The molecule has 0 unspecified atom stereocenters. The van der Waals surface area contributed by atoms with Gasteiger partial charge >= 0.3 is 0 Å². The number of nitrogens with zero attached hydrogens (tertiary/aromatic N) is 3. The van der Waals surface area contributed by atoms with Crippen LogP contribution >= 0.6 is 0 Å². The van der Waals surface area contributed by atoms with Crippen molar-refractivity contribution in [2.45, 2.75) is 32.4 Å². The number of hydrogen-bond acceptors (Lipinski definition) is 5. The van der Waals surface area contributed by atoms with Gasteiger partial charge in [-0.25, -0.2) is 4.98 Å². The quantitative estimate of drug-likeness (QED) is 0.368. The van der Waals surface area contributed by atoms with Gasteiger partial charge in [-0.2, -0.15) is 0 Å². The van der Waals surface area contributed by atoms with Gasteiger partial charge in [0, 0.05) is 57.8 Å². The van der Waals surface area contributed by atoms with Gasteiger partial charge in [0.05, 0.1) is 10.9 Å². The second-order valence-corrected chi connectivity index (χ2v) is 9.53. The summed E-state index contributed by atoms with van der Waals surface area (Å²) in [6.45, 7) is 5.46. The molecular formula is C30H33N5O2. The molecular weight excluding hydrogens is 462 g/mol. The van der Waals surface area contributed by atoms with Crippen LogP contribution in [0.4, 0.5) is 5.69 Å². The lowest BCUT2D eigenvalue weighted by Gasteiger charge is -2.36. The number of carbonyl (C=O) groups is 1. The highest BCUT2D eigenvalue weighted by Crippen LogP contribution is 2.18. The van der Waals surface area contributed by atoms with Crippen LogP contribution in [0.15, 0.2) is 83.7 Å². The maximum Gasteiger partial charge on any atom is 0.258 e. The molecule has 7 nitrogen and oxygen atoms in total. The Kier molecular flexibility index (Phi) is 7.91. The second kappa shape index (κ2) is 11.8. The van der Waals surface area contributed by atoms with Crippen molar-refractivity contribution < 1.29 is 4.79 Å². The number of amides is 1. The summed E-state index contributed by atoms with van der Waals surface area (Å²) in [4.78, 5) is 37.0. The fourth-order valence-electron chi connectivity index (χ4n) is 4.88. The number of piperazine rings is 1. The lowest BCUT2D eigenvalue weighted by atomic mass is 10.1. The molecule has 7 heteroatoms. The molecule has 0 aliphatic carbocycles. The molecule has 0 atom stereocenters. The van der Waals surface area contributed by atoms with Crippen LogP contribution in [-0.4, -0.2) is 47.0 Å². The van der Waals surface area contributed by atoms with Crippen molar-refractivity contribution in [3.8, 4) is 0 Å². The SMILES string of the molecule is O=C(CCCc1nc2ccccc2c(=O)[nH]1)NCc1ccccc1CN1CCN(c2ccccc2)CC1. The van der Waals surface area contributed by atoms with Gasteiger partial charge in [-0.05, 0) is 41.8 Å². The van der Waals surface area contributed by atoms with E-state index in [0.717, 1.165) is 38.3 Å². The maximum absolute atomic E-state index is 12.5. The van der Waals surface area contributed by atoms with Crippen molar-refractivity contribution in [1.82, 2.24) is 20.2 Å². The smallest absolute Gasteiger partial charge is 0.258 e. The number of aromatic nitrogens is 2. The number of nitrogens with one attached hydrogen (secondary N) is 2. The molecule has 1 saturated heterocycles. The van der Waals surface area contributed by atoms with Crippen LogP contribution in [0.1, 0.15) is 29.8 Å². The summed E-state index contributed by atoms with van der Waals surface area (Å²) in [6.07, 6.45) is 1.57. The van der Waals surface area contributed by atoms with Crippen molar-refractivity contribution in [3.05, 3.63) is 106 Å². The van der Waals surface area contributed by atoms with Crippen LogP contribution in [0.25, 0.3) is 10.9 Å². The first-order valence-electron chi connectivity index (χ1n) is 13.0. The molecule has 1 amide bonds. The van der Waals surface area contributed by atoms with E-state index in [4.69, 9.17) is 0 Å². The molecule has 2 N–H and O–H groups in total. The van der Waals surface area contributed by atoms with E-state index in [1.165, 1.54) is 11.3 Å². The van der Waals surface area contributed by atoms with Gasteiger partial charge in [0.25, 0.3) is 5.56 Å². The summed E-state index contributed by atoms with van der Waals surface area (Å²) in [7, 11) is 0. The fraction of sp³-hybridized carbons (Fsp3) is 0.300. The van der Waals surface area contributed by atoms with Gasteiger partial charge in [0.2, 0.25) is 5.91 Å². The number of H-pyrrole nitrogens is 1. The molecule has 4 aromatic rings. The predicted octanol–water partition coefficient (Wildman–Crippen LogP) is 3.88. The van der Waals surface area contributed by atoms with Crippen LogP contribution < -0.4 is 15.8 Å². The molecule has 0 saturated carbocycles. The lowest BCUT2D eigenvalue weighted by Crippen LogP contribution is -2.46. The molecule has 1 aliphatic rings. The molecule has 1 aromatic heterocycles. The topological polar surface area (TPSA) is 81.3 Å². The zero-order valence-electron chi connectivity index (χ0n) is 21.0. The van der Waals surface area contributed by atoms with Crippen LogP contribution in [0.3, 0.4) is 0 Å². The van der Waals surface area contributed by atoms with Gasteiger partial charge in [-0.1, -0.05) is 54.6 Å². The number of hydrogen-bond donors (Lipinski definition) is 2. The van der Waals surface area contributed by atoms with E-state index in [1.807, 2.05) is 24.3 Å². The largest absolute Gasteiger partial charge is 0.369 e. The van der Waals surface area contributed by atoms with Gasteiger partial charge in [0.15, 0.2) is 0 Å². The molecule has 1 aliphatic heterocycles. The fourth-order valence-corrected chi connectivity index (χ4v) is 4.88. The minimum absolute atomic E-state index is 0.00872. The third-order valence-electron chi connectivity index (χ3n) is 6.96. The summed E-state index contributed by atoms with van der Waals surface area (Å²) in [5.41, 5.74) is 4.25. The van der Waals surface area contributed by atoms with E-state index >= 15 is 0 Å². The van der Waals surface area contributed by atoms with Crippen molar-refractivity contribution >= 4 is 22.5 Å². The van der Waals surface area contributed by atoms with Gasteiger partial charge < -0.3 is 15.2 Å². The predicted molar refractivity (Wildman–Crippen MR) is 148 cm³/mol. The number of benzene rings is 3. The van der Waals surface area contributed by atoms with E-state index in [0.29, 0.717) is 42.5 Å². The van der Waals surface area contributed by atoms with Crippen LogP contribution in [0.5, 0.6) is 0 Å². The highest BCUT2D eigenvalue weighted by Gasteiger charge is 2.18. The average molecular weight is 496 g/mol. The summed E-state index contributed by atoms with van der Waals surface area (Å²) >= 11 is 0. The minimum atomic E-state index is -0.136. The Bertz CT molecular complexity index is 1390. The van der Waals surface area contributed by atoms with Crippen LogP contribution in [0, 0.1) is 0 Å². The lowest BCUT2D eigenvalue weighted by molar-refractivity contribution is -0.121. The number of rotatable bonds is 9. The highest BCUT2D eigenvalue weighted by atomic mass is 16.1. The van der Waals surface area contributed by atoms with E-state index in [1.54, 1.807) is 6.07 Å². The van der Waals surface area contributed by atoms with Crippen LogP contribution in [0.2, 0.25) is 0 Å². The third kappa shape index (κ3) is 6.43. The molecule has 190 valence electrons. The van der Waals surface area contributed by atoms with E-state index in [-0.39, 0.29) is 11.5 Å². The Labute approximate surface area is 217 Å². The first kappa shape index (κ1) is 24.7. The second-order valence-electron chi connectivity index (χ2n) is 9.53. The zero-order chi connectivity index (χ0) is 25.5. The Morgan fingerprint density at radius 3 is 2.38 bits per heavy atom. The Morgan fingerprint density at radius 2 is 1.57 bits per heavy atom. The molecule has 0 radical (unpaired) electrons. The van der Waals surface area contributed by atoms with Crippen molar-refractivity contribution in [3.63, 3.8) is 0 Å². The highest BCUT2D eigenvalue weighted by molar-refractivity contribution is 5.77. The van der Waals surface area contributed by atoms with E-state index in [9.17, 15) is 9.59 Å². The first-order chi connectivity index (χ1) is 18.2. The monoisotopic (exact) mass is 495 g/mol. The minimum Gasteiger partial charge on any atom is -0.369 e. The number of aromatic amines is 1. The van der Waals surface area contributed by atoms with Gasteiger partial charge in [-0.15, -0.1) is 0 Å². The van der Waals surface area contributed by atoms with E-state index < -0.39 is 0 Å². The summed E-state index contributed by atoms with van der Waals surface area (Å²) in [6, 6.07) is 26.2. The molecule has 1 fully saturated rings. The van der Waals surface area contributed by atoms with Crippen LogP contribution in [-0.2, 0) is 24.3 Å². The van der Waals surface area contributed by atoms with Crippen molar-refractivity contribution in [2.24, 2.45) is 0 Å². The standard InChI is InChI=1S/C30H33N5O2/c36-29(16-8-15-28-32-27-14-7-6-13-26(27)30(37)33-28)31-21-23-9-4-5-10-24(23)22-34-17-19-35(20-18-34)25-11-2-1-3-12-25/h1-7,9-14H,8,15-22H2,(H,31,36)(H,32,33,37). The maximum atomic E-state index is 12.5. The average Bonchev–Trinajstić information content (AvgIpc) is 2.93. The number of aryl methyl sites for hydroxylation is 1. The van der Waals surface area contributed by atoms with Crippen molar-refractivity contribution in [2.75, 3.05) is 31.1 Å². The van der Waals surface area contributed by atoms with Crippen molar-refractivity contribution in [1.29, 1.82) is 0 Å². The van der Waals surface area contributed by atoms with Gasteiger partial charge in [0.1, 0.15) is 5.82 Å². The number of anilines is 1. The van der Waals surface area contributed by atoms with Gasteiger partial charge in [-0.3, -0.25) is 14.5 Å². The first-order valence-corrected chi connectivity index (χ1v) is 13.0. The number of fused-ring (bicyclic) bond motifs is 1. The summed E-state index contributed by atoms with van der Waals surface area (Å²) in [5, 5.41) is 3.66. The molecule has 5 rings (SSSR count). The molecule has 3 aromatic carbocycles. The summed E-state index contributed by atoms with van der Waals surface area (Å²) < 4.78 is 0. The molecule has 0 bridgehead atoms. The molecule has 0 spiro atoms. The number of para-hydroxylation sites is 2. The molecule has 2 heterocycles. The number of carbonyl (C=O) groups excluding carboxylic acids is 1. The third-order valence-corrected chi connectivity index (χ3v) is 6.96. The Balaban J connectivity index is 1.09. The van der Waals surface area contributed by atoms with E-state index in [2.05, 4.69) is 73.6 Å². The normalized spacial score (nSPS) is 14.1. The Morgan fingerprint density at radius 1 is 0.865 bits per heavy atom.